The molecule has 1 aliphatic heterocycles. The first-order chi connectivity index (χ1) is 9.55. The number of rotatable bonds is 4. The van der Waals surface area contributed by atoms with E-state index in [2.05, 4.69) is 28.9 Å². The van der Waals surface area contributed by atoms with Gasteiger partial charge in [-0.25, -0.2) is 0 Å². The highest BCUT2D eigenvalue weighted by Crippen LogP contribution is 2.30. The van der Waals surface area contributed by atoms with Gasteiger partial charge in [0.25, 0.3) is 0 Å². The third-order valence-electron chi connectivity index (χ3n) is 3.48. The Labute approximate surface area is 118 Å². The zero-order valence-electron chi connectivity index (χ0n) is 12.1. The second-order valence-electron chi connectivity index (χ2n) is 6.05. The quantitative estimate of drug-likeness (QED) is 0.857. The molecule has 5 nitrogen and oxygen atoms in total. The van der Waals surface area contributed by atoms with Gasteiger partial charge in [0, 0.05) is 18.7 Å². The standard InChI is InChI=1S/C15H19N3O2/c1-15(2)9-18(10-15)8-13-16-14(17-20-13)11-4-6-12(19-3)7-5-11/h4-7H,8-10H2,1-3H3. The van der Waals surface area contributed by atoms with Crippen molar-refractivity contribution in [1.29, 1.82) is 0 Å². The lowest BCUT2D eigenvalue weighted by Gasteiger charge is -2.45. The lowest BCUT2D eigenvalue weighted by atomic mass is 9.84. The van der Waals surface area contributed by atoms with Gasteiger partial charge in [0.1, 0.15) is 5.75 Å². The fourth-order valence-corrected chi connectivity index (χ4v) is 2.64. The summed E-state index contributed by atoms with van der Waals surface area (Å²) in [5.74, 6) is 2.12. The molecule has 1 fully saturated rings. The van der Waals surface area contributed by atoms with E-state index >= 15 is 0 Å². The van der Waals surface area contributed by atoms with Crippen LogP contribution in [0.4, 0.5) is 0 Å². The van der Waals surface area contributed by atoms with Crippen molar-refractivity contribution >= 4 is 0 Å². The molecule has 0 N–H and O–H groups in total. The minimum Gasteiger partial charge on any atom is -0.497 e. The molecule has 1 saturated heterocycles. The van der Waals surface area contributed by atoms with Crippen molar-refractivity contribution in [2.75, 3.05) is 20.2 Å². The summed E-state index contributed by atoms with van der Waals surface area (Å²) in [6.07, 6.45) is 0. The lowest BCUT2D eigenvalue weighted by molar-refractivity contribution is 0.0164. The van der Waals surface area contributed by atoms with Gasteiger partial charge in [-0.05, 0) is 29.7 Å². The largest absolute Gasteiger partial charge is 0.497 e. The van der Waals surface area contributed by atoms with Gasteiger partial charge < -0.3 is 9.26 Å². The molecule has 20 heavy (non-hydrogen) atoms. The second-order valence-corrected chi connectivity index (χ2v) is 6.05. The fourth-order valence-electron chi connectivity index (χ4n) is 2.64. The topological polar surface area (TPSA) is 51.4 Å². The highest BCUT2D eigenvalue weighted by atomic mass is 16.5. The molecule has 0 saturated carbocycles. The molecule has 2 aromatic rings. The Hall–Kier alpha value is -1.88. The summed E-state index contributed by atoms with van der Waals surface area (Å²) in [5.41, 5.74) is 1.35. The van der Waals surface area contributed by atoms with E-state index in [0.29, 0.717) is 17.1 Å². The van der Waals surface area contributed by atoms with Crippen molar-refractivity contribution in [1.82, 2.24) is 15.0 Å². The van der Waals surface area contributed by atoms with Crippen LogP contribution in [0.3, 0.4) is 0 Å². The predicted molar refractivity (Wildman–Crippen MR) is 75.3 cm³/mol. The van der Waals surface area contributed by atoms with E-state index in [4.69, 9.17) is 9.26 Å². The van der Waals surface area contributed by atoms with Gasteiger partial charge >= 0.3 is 0 Å². The van der Waals surface area contributed by atoms with Gasteiger partial charge in [0.15, 0.2) is 0 Å². The summed E-state index contributed by atoms with van der Waals surface area (Å²) in [4.78, 5) is 6.76. The van der Waals surface area contributed by atoms with E-state index in [1.165, 1.54) is 0 Å². The van der Waals surface area contributed by atoms with Crippen molar-refractivity contribution in [3.63, 3.8) is 0 Å². The molecule has 1 aromatic heterocycles. The number of aromatic nitrogens is 2. The minimum absolute atomic E-state index is 0.416. The Balaban J connectivity index is 1.67. The van der Waals surface area contributed by atoms with E-state index < -0.39 is 0 Å². The average Bonchev–Trinajstić information content (AvgIpc) is 2.85. The van der Waals surface area contributed by atoms with E-state index in [0.717, 1.165) is 30.9 Å². The monoisotopic (exact) mass is 273 g/mol. The third-order valence-corrected chi connectivity index (χ3v) is 3.48. The molecule has 0 aliphatic carbocycles. The average molecular weight is 273 g/mol. The molecule has 0 radical (unpaired) electrons. The van der Waals surface area contributed by atoms with Gasteiger partial charge in [-0.15, -0.1) is 0 Å². The van der Waals surface area contributed by atoms with Crippen LogP contribution in [0.2, 0.25) is 0 Å². The maximum Gasteiger partial charge on any atom is 0.241 e. The molecule has 3 rings (SSSR count). The summed E-state index contributed by atoms with van der Waals surface area (Å²) in [5, 5.41) is 4.04. The number of hydrogen-bond donors (Lipinski definition) is 0. The molecular formula is C15H19N3O2. The smallest absolute Gasteiger partial charge is 0.241 e. The summed E-state index contributed by atoms with van der Waals surface area (Å²) in [6, 6.07) is 7.65. The van der Waals surface area contributed by atoms with E-state index in [-0.39, 0.29) is 0 Å². The molecule has 0 bridgehead atoms. The molecule has 1 aliphatic rings. The minimum atomic E-state index is 0.416. The molecule has 2 heterocycles. The highest BCUT2D eigenvalue weighted by Gasteiger charge is 2.34. The Morgan fingerprint density at radius 2 is 1.95 bits per heavy atom. The van der Waals surface area contributed by atoms with Crippen molar-refractivity contribution < 1.29 is 9.26 Å². The van der Waals surface area contributed by atoms with Gasteiger partial charge in [0.05, 0.1) is 13.7 Å². The molecule has 0 atom stereocenters. The van der Waals surface area contributed by atoms with Gasteiger partial charge in [-0.3, -0.25) is 4.90 Å². The zero-order chi connectivity index (χ0) is 14.2. The summed E-state index contributed by atoms with van der Waals surface area (Å²) in [7, 11) is 1.65. The first-order valence-corrected chi connectivity index (χ1v) is 6.75. The van der Waals surface area contributed by atoms with Crippen LogP contribution >= 0.6 is 0 Å². The molecule has 106 valence electrons. The molecule has 1 aromatic carbocycles. The Kier molecular flexibility index (Phi) is 3.22. The van der Waals surface area contributed by atoms with Crippen LogP contribution in [-0.4, -0.2) is 35.2 Å². The lowest BCUT2D eigenvalue weighted by Crippen LogP contribution is -2.52. The van der Waals surface area contributed by atoms with Crippen LogP contribution in [0.1, 0.15) is 19.7 Å². The molecule has 5 heteroatoms. The summed E-state index contributed by atoms with van der Waals surface area (Å²) >= 11 is 0. The zero-order valence-corrected chi connectivity index (χ0v) is 12.1. The summed E-state index contributed by atoms with van der Waals surface area (Å²) in [6.45, 7) is 7.41. The van der Waals surface area contributed by atoms with E-state index in [1.807, 2.05) is 24.3 Å². The van der Waals surface area contributed by atoms with Crippen LogP contribution in [-0.2, 0) is 6.54 Å². The van der Waals surface area contributed by atoms with Crippen LogP contribution in [0, 0.1) is 5.41 Å². The van der Waals surface area contributed by atoms with Crippen molar-refractivity contribution in [2.24, 2.45) is 5.41 Å². The number of likely N-dealkylation sites (tertiary alicyclic amines) is 1. The first-order valence-electron chi connectivity index (χ1n) is 6.75. The molecule has 0 amide bonds. The Bertz CT molecular complexity index is 581. The maximum absolute atomic E-state index is 5.32. The maximum atomic E-state index is 5.32. The number of methoxy groups -OCH3 is 1. The van der Waals surface area contributed by atoms with E-state index in [1.54, 1.807) is 7.11 Å². The number of benzene rings is 1. The van der Waals surface area contributed by atoms with Gasteiger partial charge in [-0.1, -0.05) is 19.0 Å². The number of ether oxygens (including phenoxy) is 1. The predicted octanol–water partition coefficient (Wildman–Crippen LogP) is 2.59. The van der Waals surface area contributed by atoms with Gasteiger partial charge in [0.2, 0.25) is 11.7 Å². The first kappa shape index (κ1) is 13.1. The Morgan fingerprint density at radius 3 is 2.55 bits per heavy atom. The fraction of sp³-hybridized carbons (Fsp3) is 0.467. The van der Waals surface area contributed by atoms with Crippen LogP contribution in [0.5, 0.6) is 5.75 Å². The van der Waals surface area contributed by atoms with Crippen LogP contribution < -0.4 is 4.74 Å². The second kappa shape index (κ2) is 4.90. The summed E-state index contributed by atoms with van der Waals surface area (Å²) < 4.78 is 10.4. The highest BCUT2D eigenvalue weighted by molar-refractivity contribution is 5.55. The number of hydrogen-bond acceptors (Lipinski definition) is 5. The normalized spacial score (nSPS) is 17.8. The molecule has 0 unspecified atom stereocenters. The third kappa shape index (κ3) is 2.67. The number of nitrogens with zero attached hydrogens (tertiary/aromatic N) is 3. The van der Waals surface area contributed by atoms with Crippen LogP contribution in [0.15, 0.2) is 28.8 Å². The molecular weight excluding hydrogens is 254 g/mol. The van der Waals surface area contributed by atoms with Crippen molar-refractivity contribution in [3.05, 3.63) is 30.2 Å². The van der Waals surface area contributed by atoms with E-state index in [9.17, 15) is 0 Å². The van der Waals surface area contributed by atoms with Gasteiger partial charge in [-0.2, -0.15) is 4.98 Å². The Morgan fingerprint density at radius 1 is 1.25 bits per heavy atom. The van der Waals surface area contributed by atoms with Crippen molar-refractivity contribution in [3.8, 4) is 17.1 Å². The SMILES string of the molecule is COc1ccc(-c2noc(CN3CC(C)(C)C3)n2)cc1. The van der Waals surface area contributed by atoms with Crippen LogP contribution in [0.25, 0.3) is 11.4 Å². The molecule has 0 spiro atoms. The van der Waals surface area contributed by atoms with Crippen molar-refractivity contribution in [2.45, 2.75) is 20.4 Å².